The van der Waals surface area contributed by atoms with Crippen molar-refractivity contribution in [3.63, 3.8) is 0 Å². The maximum absolute atomic E-state index is 12.7. The fraction of sp³-hybridized carbons (Fsp3) is 0.286. The Kier molecular flexibility index (Phi) is 4.51. The maximum Gasteiger partial charge on any atom is 0.244 e. The summed E-state index contributed by atoms with van der Waals surface area (Å²) in [6, 6.07) is 13.5. The lowest BCUT2D eigenvalue weighted by Crippen LogP contribution is -2.39. The van der Waals surface area contributed by atoms with Gasteiger partial charge in [0.15, 0.2) is 0 Å². The second-order valence-electron chi connectivity index (χ2n) is 7.19. The van der Waals surface area contributed by atoms with E-state index in [9.17, 15) is 4.79 Å². The molecule has 0 unspecified atom stereocenters. The molecule has 1 amide bonds. The third-order valence-corrected chi connectivity index (χ3v) is 5.37. The number of amides is 1. The summed E-state index contributed by atoms with van der Waals surface area (Å²) in [4.78, 5) is 23.4. The highest BCUT2D eigenvalue weighted by Gasteiger charge is 2.28. The van der Waals surface area contributed by atoms with E-state index < -0.39 is 0 Å². The van der Waals surface area contributed by atoms with Crippen molar-refractivity contribution in [1.82, 2.24) is 29.8 Å². The number of rotatable bonds is 4. The van der Waals surface area contributed by atoms with Crippen LogP contribution < -0.4 is 0 Å². The number of benzene rings is 1. The molecule has 1 aliphatic rings. The molecule has 8 nitrogen and oxygen atoms in total. The molecular weight excluding hydrogens is 368 g/mol. The molecule has 8 heteroatoms. The van der Waals surface area contributed by atoms with Crippen molar-refractivity contribution in [3.05, 3.63) is 60.7 Å². The van der Waals surface area contributed by atoms with Gasteiger partial charge in [0.2, 0.25) is 17.6 Å². The van der Waals surface area contributed by atoms with E-state index in [0.29, 0.717) is 30.5 Å². The first kappa shape index (κ1) is 17.5. The lowest BCUT2D eigenvalue weighted by molar-refractivity contribution is -0.133. The molecular formula is C21H20N6O2. The van der Waals surface area contributed by atoms with Crippen LogP contribution in [0.2, 0.25) is 0 Å². The van der Waals surface area contributed by atoms with Gasteiger partial charge in [-0.25, -0.2) is 0 Å². The van der Waals surface area contributed by atoms with E-state index in [2.05, 4.69) is 20.2 Å². The Hall–Kier alpha value is -3.55. The van der Waals surface area contributed by atoms with Crippen molar-refractivity contribution in [1.29, 1.82) is 0 Å². The van der Waals surface area contributed by atoms with Crippen LogP contribution >= 0.6 is 0 Å². The van der Waals surface area contributed by atoms with Gasteiger partial charge in [0.05, 0.1) is 11.7 Å². The lowest BCUT2D eigenvalue weighted by atomic mass is 9.96. The van der Waals surface area contributed by atoms with Crippen molar-refractivity contribution in [2.45, 2.75) is 25.3 Å². The van der Waals surface area contributed by atoms with Crippen LogP contribution in [0.5, 0.6) is 0 Å². The predicted molar refractivity (Wildman–Crippen MR) is 106 cm³/mol. The average Bonchev–Trinajstić information content (AvgIpc) is 3.43. The Balaban J connectivity index is 1.21. The number of nitrogens with zero attached hydrogens (tertiary/aromatic N) is 6. The zero-order valence-electron chi connectivity index (χ0n) is 15.8. The van der Waals surface area contributed by atoms with Crippen molar-refractivity contribution >= 4 is 16.8 Å². The van der Waals surface area contributed by atoms with Gasteiger partial charge in [0.1, 0.15) is 12.2 Å². The fourth-order valence-corrected chi connectivity index (χ4v) is 3.76. The summed E-state index contributed by atoms with van der Waals surface area (Å²) >= 11 is 0. The molecule has 1 fully saturated rings. The molecule has 0 spiro atoms. The van der Waals surface area contributed by atoms with E-state index in [1.54, 1.807) is 17.1 Å². The van der Waals surface area contributed by atoms with Gasteiger partial charge in [-0.05, 0) is 31.0 Å². The molecule has 0 bridgehead atoms. The Morgan fingerprint density at radius 2 is 1.93 bits per heavy atom. The van der Waals surface area contributed by atoms with Crippen molar-refractivity contribution < 1.29 is 9.32 Å². The van der Waals surface area contributed by atoms with Gasteiger partial charge >= 0.3 is 0 Å². The van der Waals surface area contributed by atoms with E-state index in [1.165, 1.54) is 0 Å². The van der Waals surface area contributed by atoms with E-state index >= 15 is 0 Å². The van der Waals surface area contributed by atoms with Crippen LogP contribution in [0.4, 0.5) is 0 Å². The van der Waals surface area contributed by atoms with Gasteiger partial charge < -0.3 is 9.42 Å². The number of aromatic nitrogens is 5. The number of piperidine rings is 1. The zero-order valence-corrected chi connectivity index (χ0v) is 15.8. The molecule has 0 atom stereocenters. The standard InChI is InChI=1S/C21H20N6O2/c28-19(14-27-18-7-2-1-5-16(18)13-23-27)26-11-8-15(9-12-26)21-24-20(25-29-21)17-6-3-4-10-22-17/h1-7,10,13,15H,8-9,11-12,14H2. The fourth-order valence-electron chi connectivity index (χ4n) is 3.76. The quantitative estimate of drug-likeness (QED) is 0.534. The number of carbonyl (C=O) groups is 1. The van der Waals surface area contributed by atoms with Crippen molar-refractivity contribution in [2.75, 3.05) is 13.1 Å². The maximum atomic E-state index is 12.7. The molecule has 0 saturated carbocycles. The molecule has 1 aromatic carbocycles. The molecule has 3 aromatic heterocycles. The minimum absolute atomic E-state index is 0.0806. The van der Waals surface area contributed by atoms with Crippen LogP contribution in [0.3, 0.4) is 0 Å². The highest BCUT2D eigenvalue weighted by atomic mass is 16.5. The van der Waals surface area contributed by atoms with Crippen LogP contribution in [0.25, 0.3) is 22.4 Å². The first-order valence-corrected chi connectivity index (χ1v) is 9.71. The van der Waals surface area contributed by atoms with Gasteiger partial charge in [-0.1, -0.05) is 29.4 Å². The molecule has 146 valence electrons. The highest BCUT2D eigenvalue weighted by molar-refractivity contribution is 5.82. The summed E-state index contributed by atoms with van der Waals surface area (Å²) in [6.45, 7) is 1.59. The third-order valence-electron chi connectivity index (χ3n) is 5.37. The van der Waals surface area contributed by atoms with Gasteiger partial charge in [-0.2, -0.15) is 10.1 Å². The zero-order chi connectivity index (χ0) is 19.6. The number of fused-ring (bicyclic) bond motifs is 1. The number of para-hydroxylation sites is 1. The smallest absolute Gasteiger partial charge is 0.244 e. The first-order valence-electron chi connectivity index (χ1n) is 9.71. The molecule has 4 heterocycles. The second-order valence-corrected chi connectivity index (χ2v) is 7.19. The highest BCUT2D eigenvalue weighted by Crippen LogP contribution is 2.28. The van der Waals surface area contributed by atoms with Crippen LogP contribution in [0.1, 0.15) is 24.7 Å². The molecule has 5 rings (SSSR count). The molecule has 1 saturated heterocycles. The Morgan fingerprint density at radius 1 is 1.10 bits per heavy atom. The topological polar surface area (TPSA) is 89.9 Å². The monoisotopic (exact) mass is 388 g/mol. The van der Waals surface area contributed by atoms with Crippen LogP contribution in [-0.2, 0) is 11.3 Å². The molecule has 4 aromatic rings. The Labute approximate surface area is 167 Å². The van der Waals surface area contributed by atoms with Crippen LogP contribution in [-0.4, -0.2) is 48.8 Å². The third kappa shape index (κ3) is 3.49. The number of likely N-dealkylation sites (tertiary alicyclic amines) is 1. The summed E-state index contributed by atoms with van der Waals surface area (Å²) in [6.07, 6.45) is 5.10. The Bertz CT molecular complexity index is 1130. The van der Waals surface area contributed by atoms with Gasteiger partial charge in [-0.3, -0.25) is 14.5 Å². The molecule has 29 heavy (non-hydrogen) atoms. The van der Waals surface area contributed by atoms with Gasteiger partial charge in [-0.15, -0.1) is 0 Å². The minimum Gasteiger partial charge on any atom is -0.341 e. The second kappa shape index (κ2) is 7.46. The van der Waals surface area contributed by atoms with Crippen molar-refractivity contribution in [2.24, 2.45) is 0 Å². The van der Waals surface area contributed by atoms with Crippen molar-refractivity contribution in [3.8, 4) is 11.5 Å². The summed E-state index contributed by atoms with van der Waals surface area (Å²) in [5.74, 6) is 1.37. The number of hydrogen-bond donors (Lipinski definition) is 0. The molecule has 0 radical (unpaired) electrons. The number of hydrogen-bond acceptors (Lipinski definition) is 6. The number of pyridine rings is 1. The molecule has 0 N–H and O–H groups in total. The first-order chi connectivity index (χ1) is 14.3. The van der Waals surface area contributed by atoms with E-state index in [4.69, 9.17) is 4.52 Å². The summed E-state index contributed by atoms with van der Waals surface area (Å²) in [5, 5.41) is 9.45. The SMILES string of the molecule is O=C(Cn1ncc2ccccc21)N1CCC(c2nc(-c3ccccn3)no2)CC1. The van der Waals surface area contributed by atoms with Gasteiger partial charge in [0, 0.05) is 30.6 Å². The van der Waals surface area contributed by atoms with Crippen LogP contribution in [0.15, 0.2) is 59.4 Å². The largest absolute Gasteiger partial charge is 0.341 e. The van der Waals surface area contributed by atoms with Crippen LogP contribution in [0, 0.1) is 0 Å². The normalized spacial score (nSPS) is 15.1. The predicted octanol–water partition coefficient (Wildman–Crippen LogP) is 2.89. The average molecular weight is 388 g/mol. The summed E-state index contributed by atoms with van der Waals surface area (Å²) in [5.41, 5.74) is 1.67. The minimum atomic E-state index is 0.0806. The molecule has 1 aliphatic heterocycles. The van der Waals surface area contributed by atoms with E-state index in [1.807, 2.05) is 47.4 Å². The molecule has 0 aliphatic carbocycles. The summed E-state index contributed by atoms with van der Waals surface area (Å²) in [7, 11) is 0. The lowest BCUT2D eigenvalue weighted by Gasteiger charge is -2.30. The van der Waals surface area contributed by atoms with E-state index in [0.717, 1.165) is 23.7 Å². The van der Waals surface area contributed by atoms with E-state index in [-0.39, 0.29) is 18.4 Å². The Morgan fingerprint density at radius 3 is 2.76 bits per heavy atom. The van der Waals surface area contributed by atoms with Gasteiger partial charge in [0.25, 0.3) is 0 Å². The summed E-state index contributed by atoms with van der Waals surface area (Å²) < 4.78 is 7.23. The number of carbonyl (C=O) groups excluding carboxylic acids is 1.